The summed E-state index contributed by atoms with van der Waals surface area (Å²) in [7, 11) is 0. The highest BCUT2D eigenvalue weighted by Gasteiger charge is 2.19. The maximum absolute atomic E-state index is 11.6. The molecule has 0 fully saturated rings. The van der Waals surface area contributed by atoms with Crippen molar-refractivity contribution in [3.8, 4) is 0 Å². The second kappa shape index (κ2) is 4.69. The summed E-state index contributed by atoms with van der Waals surface area (Å²) in [5.41, 5.74) is 10.3. The van der Waals surface area contributed by atoms with E-state index in [1.807, 2.05) is 0 Å². The number of anilines is 1. The molecule has 0 aromatic carbocycles. The van der Waals surface area contributed by atoms with Crippen LogP contribution in [0, 0.1) is 5.92 Å². The van der Waals surface area contributed by atoms with Crippen LogP contribution in [-0.2, 0) is 4.79 Å². The van der Waals surface area contributed by atoms with E-state index in [4.69, 9.17) is 11.5 Å². The molecule has 0 saturated heterocycles. The quantitative estimate of drug-likeness (QED) is 0.539. The molecule has 2 rings (SSSR count). The van der Waals surface area contributed by atoms with Gasteiger partial charge in [-0.25, -0.2) is 4.98 Å². The number of imidazole rings is 1. The fraction of sp³-hybridized carbons (Fsp3) is 0.400. The summed E-state index contributed by atoms with van der Waals surface area (Å²) >= 11 is 0. The van der Waals surface area contributed by atoms with Crippen molar-refractivity contribution in [3.63, 3.8) is 0 Å². The molecule has 0 aliphatic rings. The number of carbonyl (C=O) groups is 1. The van der Waals surface area contributed by atoms with Crippen molar-refractivity contribution in [1.82, 2.24) is 19.5 Å². The standard InChI is InChI=1S/C10H14N6O3/c1-4(7(11)18)2-5(17)16-3-13-6-8(16)14-10(12)15-9(6)19/h3-5,17H,2H2,1H3,(H2,11,18)(H3,12,14,15,19). The molecule has 0 aliphatic heterocycles. The van der Waals surface area contributed by atoms with Crippen LogP contribution in [0.15, 0.2) is 11.1 Å². The van der Waals surface area contributed by atoms with Crippen LogP contribution in [0.1, 0.15) is 19.6 Å². The first kappa shape index (κ1) is 13.0. The maximum Gasteiger partial charge on any atom is 0.280 e. The zero-order chi connectivity index (χ0) is 14.2. The highest BCUT2D eigenvalue weighted by Crippen LogP contribution is 2.18. The van der Waals surface area contributed by atoms with Gasteiger partial charge < -0.3 is 16.6 Å². The van der Waals surface area contributed by atoms with Crippen molar-refractivity contribution in [2.24, 2.45) is 11.7 Å². The third-order valence-corrected chi connectivity index (χ3v) is 2.82. The van der Waals surface area contributed by atoms with Gasteiger partial charge in [-0.05, 0) is 0 Å². The van der Waals surface area contributed by atoms with E-state index < -0.39 is 23.6 Å². The summed E-state index contributed by atoms with van der Waals surface area (Å²) in [5, 5.41) is 10.0. The van der Waals surface area contributed by atoms with E-state index in [0.717, 1.165) is 0 Å². The topological polar surface area (TPSA) is 153 Å². The number of aliphatic hydroxyl groups excluding tert-OH is 1. The van der Waals surface area contributed by atoms with Crippen LogP contribution in [0.3, 0.4) is 0 Å². The van der Waals surface area contributed by atoms with Gasteiger partial charge in [-0.15, -0.1) is 0 Å². The number of carbonyl (C=O) groups excluding carboxylic acids is 1. The normalized spacial score (nSPS) is 14.4. The van der Waals surface area contributed by atoms with Gasteiger partial charge in [-0.2, -0.15) is 4.98 Å². The molecule has 0 bridgehead atoms. The minimum atomic E-state index is -1.07. The number of fused-ring (bicyclic) bond motifs is 1. The molecule has 2 heterocycles. The summed E-state index contributed by atoms with van der Waals surface area (Å²) in [6.45, 7) is 1.60. The molecule has 9 nitrogen and oxygen atoms in total. The number of aliphatic hydroxyl groups is 1. The second-order valence-corrected chi connectivity index (χ2v) is 4.29. The fourth-order valence-electron chi connectivity index (χ4n) is 1.71. The van der Waals surface area contributed by atoms with Crippen LogP contribution in [0.5, 0.6) is 0 Å². The number of nitrogens with two attached hydrogens (primary N) is 2. The molecule has 2 atom stereocenters. The first-order chi connectivity index (χ1) is 8.90. The average Bonchev–Trinajstić information content (AvgIpc) is 2.72. The Balaban J connectivity index is 2.40. The predicted octanol–water partition coefficient (Wildman–Crippen LogP) is -1.30. The lowest BCUT2D eigenvalue weighted by Crippen LogP contribution is -2.24. The first-order valence-corrected chi connectivity index (χ1v) is 5.60. The van der Waals surface area contributed by atoms with Gasteiger partial charge in [0.25, 0.3) is 5.56 Å². The summed E-state index contributed by atoms with van der Waals surface area (Å²) < 4.78 is 1.28. The van der Waals surface area contributed by atoms with Gasteiger partial charge in [-0.3, -0.25) is 19.1 Å². The average molecular weight is 266 g/mol. The van der Waals surface area contributed by atoms with E-state index in [9.17, 15) is 14.7 Å². The van der Waals surface area contributed by atoms with Gasteiger partial charge in [0.15, 0.2) is 11.2 Å². The Morgan fingerprint density at radius 3 is 2.95 bits per heavy atom. The summed E-state index contributed by atoms with van der Waals surface area (Å²) in [4.78, 5) is 32.6. The zero-order valence-electron chi connectivity index (χ0n) is 10.2. The summed E-state index contributed by atoms with van der Waals surface area (Å²) in [5.74, 6) is -1.12. The maximum atomic E-state index is 11.6. The van der Waals surface area contributed by atoms with Gasteiger partial charge in [-0.1, -0.05) is 6.92 Å². The minimum Gasteiger partial charge on any atom is -0.373 e. The third kappa shape index (κ3) is 2.40. The van der Waals surface area contributed by atoms with E-state index >= 15 is 0 Å². The fourth-order valence-corrected chi connectivity index (χ4v) is 1.71. The molecule has 0 radical (unpaired) electrons. The van der Waals surface area contributed by atoms with Gasteiger partial charge in [0.2, 0.25) is 11.9 Å². The smallest absolute Gasteiger partial charge is 0.280 e. The van der Waals surface area contributed by atoms with Crippen LogP contribution < -0.4 is 17.0 Å². The number of nitrogen functional groups attached to an aromatic ring is 1. The van der Waals surface area contributed by atoms with Gasteiger partial charge in [0, 0.05) is 12.3 Å². The van der Waals surface area contributed by atoms with E-state index in [1.165, 1.54) is 10.9 Å². The van der Waals surface area contributed by atoms with Crippen molar-refractivity contribution < 1.29 is 9.90 Å². The summed E-state index contributed by atoms with van der Waals surface area (Å²) in [6.07, 6.45) is 0.293. The number of hydrogen-bond acceptors (Lipinski definition) is 6. The molecule has 9 heteroatoms. The molecule has 0 saturated carbocycles. The van der Waals surface area contributed by atoms with Crippen LogP contribution in [0.25, 0.3) is 11.2 Å². The number of aromatic amines is 1. The predicted molar refractivity (Wildman–Crippen MR) is 66.8 cm³/mol. The molecular weight excluding hydrogens is 252 g/mol. The number of amides is 1. The molecule has 2 unspecified atom stereocenters. The van der Waals surface area contributed by atoms with Crippen molar-refractivity contribution >= 4 is 23.0 Å². The van der Waals surface area contributed by atoms with Crippen molar-refractivity contribution in [2.45, 2.75) is 19.6 Å². The number of rotatable bonds is 4. The van der Waals surface area contributed by atoms with Crippen LogP contribution in [-0.4, -0.2) is 30.5 Å². The minimum absolute atomic E-state index is 0.0694. The number of nitrogens with zero attached hydrogens (tertiary/aromatic N) is 3. The number of primary amides is 1. The highest BCUT2D eigenvalue weighted by molar-refractivity contribution is 5.76. The molecular formula is C10H14N6O3. The molecule has 1 amide bonds. The summed E-state index contributed by atoms with van der Waals surface area (Å²) in [6, 6.07) is 0. The van der Waals surface area contributed by atoms with Crippen LogP contribution in [0.2, 0.25) is 0 Å². The van der Waals surface area contributed by atoms with E-state index in [-0.39, 0.29) is 23.5 Å². The third-order valence-electron chi connectivity index (χ3n) is 2.82. The molecule has 0 spiro atoms. The van der Waals surface area contributed by atoms with Gasteiger partial charge >= 0.3 is 0 Å². The Morgan fingerprint density at radius 2 is 2.32 bits per heavy atom. The monoisotopic (exact) mass is 266 g/mol. The molecule has 102 valence electrons. The van der Waals surface area contributed by atoms with Gasteiger partial charge in [0.1, 0.15) is 6.23 Å². The van der Waals surface area contributed by atoms with Crippen molar-refractivity contribution in [1.29, 1.82) is 0 Å². The highest BCUT2D eigenvalue weighted by atomic mass is 16.3. The first-order valence-electron chi connectivity index (χ1n) is 5.60. The van der Waals surface area contributed by atoms with Gasteiger partial charge in [0.05, 0.1) is 6.33 Å². The molecule has 19 heavy (non-hydrogen) atoms. The Morgan fingerprint density at radius 1 is 1.63 bits per heavy atom. The van der Waals surface area contributed by atoms with E-state index in [1.54, 1.807) is 6.92 Å². The van der Waals surface area contributed by atoms with E-state index in [0.29, 0.717) is 0 Å². The number of nitrogens with one attached hydrogen (secondary N) is 1. The number of hydrogen-bond donors (Lipinski definition) is 4. The number of H-pyrrole nitrogens is 1. The molecule has 2 aromatic heterocycles. The zero-order valence-corrected chi connectivity index (χ0v) is 10.2. The Bertz CT molecular complexity index is 675. The van der Waals surface area contributed by atoms with Crippen LogP contribution in [0.4, 0.5) is 5.95 Å². The molecule has 6 N–H and O–H groups in total. The van der Waals surface area contributed by atoms with Crippen molar-refractivity contribution in [2.75, 3.05) is 5.73 Å². The lowest BCUT2D eigenvalue weighted by atomic mass is 10.1. The molecule has 2 aromatic rings. The number of aromatic nitrogens is 4. The Kier molecular flexibility index (Phi) is 3.21. The van der Waals surface area contributed by atoms with Crippen LogP contribution >= 0.6 is 0 Å². The SMILES string of the molecule is CC(CC(O)n1cnc2c(=O)[nH]c(N)nc21)C(N)=O. The van der Waals surface area contributed by atoms with E-state index in [2.05, 4.69) is 15.0 Å². The Labute approximate surface area is 107 Å². The van der Waals surface area contributed by atoms with Crippen molar-refractivity contribution in [3.05, 3.63) is 16.7 Å². The molecule has 0 aliphatic carbocycles. The lowest BCUT2D eigenvalue weighted by Gasteiger charge is -2.15. The largest absolute Gasteiger partial charge is 0.373 e. The Hall–Kier alpha value is -2.42. The second-order valence-electron chi connectivity index (χ2n) is 4.29. The lowest BCUT2D eigenvalue weighted by molar-refractivity contribution is -0.122.